The number of rotatable bonds is 4. The van der Waals surface area contributed by atoms with Gasteiger partial charge in [-0.15, -0.1) is 0 Å². The Hall–Kier alpha value is -3.92. The van der Waals surface area contributed by atoms with Crippen molar-refractivity contribution >= 4 is 16.7 Å². The normalized spacial score (nSPS) is 14.4. The number of imidazole rings is 1. The van der Waals surface area contributed by atoms with Crippen LogP contribution in [-0.4, -0.2) is 14.5 Å². The molecule has 2 aromatic heterocycles. The van der Waals surface area contributed by atoms with Gasteiger partial charge in [0, 0.05) is 18.2 Å². The summed E-state index contributed by atoms with van der Waals surface area (Å²) in [4.78, 5) is 8.88. The minimum atomic E-state index is -4.50. The highest BCUT2D eigenvalue weighted by molar-refractivity contribution is 5.85. The van der Waals surface area contributed by atoms with Crippen molar-refractivity contribution in [2.24, 2.45) is 0 Å². The summed E-state index contributed by atoms with van der Waals surface area (Å²) in [6.07, 6.45) is 0.0650. The van der Waals surface area contributed by atoms with Gasteiger partial charge in [-0.3, -0.25) is 0 Å². The summed E-state index contributed by atoms with van der Waals surface area (Å²) in [5.74, 6) is 0.600. The SMILES string of the molecule is CCCc1nc2c(C(F)(F)F)cc(C)nc2n1Cc1ccc2c(c1)CCc1ccccc1/C2=C/C#N. The van der Waals surface area contributed by atoms with Gasteiger partial charge in [0.25, 0.3) is 0 Å². The monoisotopic (exact) mass is 486 g/mol. The van der Waals surface area contributed by atoms with Gasteiger partial charge in [0.05, 0.1) is 18.2 Å². The van der Waals surface area contributed by atoms with E-state index in [-0.39, 0.29) is 11.2 Å². The average Bonchev–Trinajstić information content (AvgIpc) is 3.08. The number of aromatic nitrogens is 3. The van der Waals surface area contributed by atoms with E-state index in [1.54, 1.807) is 13.0 Å². The molecule has 5 rings (SSSR count). The largest absolute Gasteiger partial charge is 0.418 e. The molecule has 0 saturated heterocycles. The smallest absolute Gasteiger partial charge is 0.308 e. The van der Waals surface area contributed by atoms with Crippen LogP contribution in [0.25, 0.3) is 16.7 Å². The average molecular weight is 487 g/mol. The highest BCUT2D eigenvalue weighted by Gasteiger charge is 2.35. The topological polar surface area (TPSA) is 54.5 Å². The Labute approximate surface area is 207 Å². The third-order valence-electron chi connectivity index (χ3n) is 6.67. The van der Waals surface area contributed by atoms with Crippen molar-refractivity contribution in [3.63, 3.8) is 0 Å². The van der Waals surface area contributed by atoms with Crippen LogP contribution in [-0.2, 0) is 32.0 Å². The lowest BCUT2D eigenvalue weighted by molar-refractivity contribution is -0.136. The summed E-state index contributed by atoms with van der Waals surface area (Å²) < 4.78 is 43.2. The molecule has 0 saturated carbocycles. The number of aryl methyl sites for hydroxylation is 4. The van der Waals surface area contributed by atoms with Gasteiger partial charge < -0.3 is 4.57 Å². The van der Waals surface area contributed by atoms with Gasteiger partial charge in [-0.1, -0.05) is 49.4 Å². The number of alkyl halides is 3. The van der Waals surface area contributed by atoms with Gasteiger partial charge >= 0.3 is 6.18 Å². The van der Waals surface area contributed by atoms with Crippen LogP contribution < -0.4 is 0 Å². The summed E-state index contributed by atoms with van der Waals surface area (Å²) in [5.41, 5.74) is 5.99. The van der Waals surface area contributed by atoms with Crippen LogP contribution in [0.5, 0.6) is 0 Å². The second kappa shape index (κ2) is 9.27. The number of hydrogen-bond acceptors (Lipinski definition) is 3. The lowest BCUT2D eigenvalue weighted by Crippen LogP contribution is -2.09. The molecule has 4 nitrogen and oxygen atoms in total. The molecule has 2 heterocycles. The number of pyridine rings is 1. The number of halogens is 3. The third-order valence-corrected chi connectivity index (χ3v) is 6.67. The maximum atomic E-state index is 13.8. The molecule has 1 aliphatic carbocycles. The van der Waals surface area contributed by atoms with Crippen molar-refractivity contribution in [3.8, 4) is 6.07 Å². The fourth-order valence-corrected chi connectivity index (χ4v) is 5.09. The molecule has 0 spiro atoms. The number of hydrogen-bond donors (Lipinski definition) is 0. The zero-order valence-electron chi connectivity index (χ0n) is 20.2. The van der Waals surface area contributed by atoms with E-state index in [1.165, 1.54) is 5.56 Å². The summed E-state index contributed by atoms with van der Waals surface area (Å²) >= 11 is 0. The van der Waals surface area contributed by atoms with E-state index in [4.69, 9.17) is 0 Å². The lowest BCUT2D eigenvalue weighted by Gasteiger charge is -2.14. The van der Waals surface area contributed by atoms with Crippen LogP contribution in [0.3, 0.4) is 0 Å². The van der Waals surface area contributed by atoms with Gasteiger partial charge in [0.2, 0.25) is 0 Å². The third kappa shape index (κ3) is 4.28. The molecular weight excluding hydrogens is 461 g/mol. The number of nitriles is 1. The Bertz CT molecular complexity index is 1540. The zero-order chi connectivity index (χ0) is 25.4. The molecule has 182 valence electrons. The van der Waals surface area contributed by atoms with Crippen LogP contribution in [0.2, 0.25) is 0 Å². The van der Waals surface area contributed by atoms with E-state index < -0.39 is 11.7 Å². The van der Waals surface area contributed by atoms with Crippen molar-refractivity contribution in [2.75, 3.05) is 0 Å². The Morgan fingerprint density at radius 3 is 2.53 bits per heavy atom. The molecule has 0 fully saturated rings. The van der Waals surface area contributed by atoms with Gasteiger partial charge in [0.1, 0.15) is 11.3 Å². The molecule has 0 atom stereocenters. The number of benzene rings is 2. The minimum absolute atomic E-state index is 0.0963. The highest BCUT2D eigenvalue weighted by Crippen LogP contribution is 2.36. The molecule has 0 bridgehead atoms. The predicted molar refractivity (Wildman–Crippen MR) is 133 cm³/mol. The van der Waals surface area contributed by atoms with Crippen molar-refractivity contribution in [3.05, 3.63) is 99.5 Å². The number of nitrogens with zero attached hydrogens (tertiary/aromatic N) is 4. The number of fused-ring (bicyclic) bond motifs is 3. The van der Waals surface area contributed by atoms with Crippen LogP contribution in [0.4, 0.5) is 13.2 Å². The van der Waals surface area contributed by atoms with E-state index in [9.17, 15) is 18.4 Å². The molecule has 4 aromatic rings. The molecule has 1 aliphatic rings. The number of allylic oxidation sites excluding steroid dienone is 1. The van der Waals surface area contributed by atoms with Crippen LogP contribution in [0.1, 0.15) is 58.2 Å². The highest BCUT2D eigenvalue weighted by atomic mass is 19.4. The molecular formula is C29H25F3N4. The van der Waals surface area contributed by atoms with Crippen molar-refractivity contribution in [1.82, 2.24) is 14.5 Å². The van der Waals surface area contributed by atoms with Crippen molar-refractivity contribution in [1.29, 1.82) is 5.26 Å². The van der Waals surface area contributed by atoms with Gasteiger partial charge in [0.15, 0.2) is 5.65 Å². The zero-order valence-corrected chi connectivity index (χ0v) is 20.2. The van der Waals surface area contributed by atoms with E-state index in [1.807, 2.05) is 41.8 Å². The summed E-state index contributed by atoms with van der Waals surface area (Å²) in [6.45, 7) is 3.93. The van der Waals surface area contributed by atoms with E-state index in [0.717, 1.165) is 53.2 Å². The fraction of sp³-hybridized carbons (Fsp3) is 0.276. The first-order chi connectivity index (χ1) is 17.3. The fourth-order valence-electron chi connectivity index (χ4n) is 5.09. The van der Waals surface area contributed by atoms with Gasteiger partial charge in [-0.05, 0) is 65.6 Å². The van der Waals surface area contributed by atoms with E-state index >= 15 is 0 Å². The first-order valence-corrected chi connectivity index (χ1v) is 12.0. The van der Waals surface area contributed by atoms with Gasteiger partial charge in [-0.2, -0.15) is 18.4 Å². The van der Waals surface area contributed by atoms with E-state index in [0.29, 0.717) is 24.5 Å². The van der Waals surface area contributed by atoms with Crippen LogP contribution in [0.15, 0.2) is 54.6 Å². The molecule has 0 radical (unpaired) electrons. The standard InChI is InChI=1S/C29H25F3N4/c1-3-6-26-35-27-25(29(30,31)32)15-18(2)34-28(27)36(26)17-19-9-12-23-21(16-19)11-10-20-7-4-5-8-22(20)24(23)13-14-33/h4-5,7-9,12-13,15-16H,3,6,10-11,17H2,1-2H3/b24-13-. The summed E-state index contributed by atoms with van der Waals surface area (Å²) in [7, 11) is 0. The molecule has 0 aliphatic heterocycles. The Morgan fingerprint density at radius 1 is 1.03 bits per heavy atom. The first kappa shape index (κ1) is 23.8. The molecule has 0 unspecified atom stereocenters. The molecule has 2 aromatic carbocycles. The van der Waals surface area contributed by atoms with Crippen molar-refractivity contribution in [2.45, 2.75) is 52.3 Å². The maximum absolute atomic E-state index is 13.8. The summed E-state index contributed by atoms with van der Waals surface area (Å²) in [5, 5.41) is 9.45. The van der Waals surface area contributed by atoms with E-state index in [2.05, 4.69) is 28.2 Å². The molecule has 0 N–H and O–H groups in total. The second-order valence-corrected chi connectivity index (χ2v) is 9.18. The van der Waals surface area contributed by atoms with Crippen molar-refractivity contribution < 1.29 is 13.2 Å². The Kier molecular flexibility index (Phi) is 6.13. The molecule has 7 heteroatoms. The molecule has 36 heavy (non-hydrogen) atoms. The van der Waals surface area contributed by atoms with Gasteiger partial charge in [-0.25, -0.2) is 9.97 Å². The predicted octanol–water partition coefficient (Wildman–Crippen LogP) is 6.81. The second-order valence-electron chi connectivity index (χ2n) is 9.18. The van der Waals surface area contributed by atoms with Crippen LogP contribution >= 0.6 is 0 Å². The lowest BCUT2D eigenvalue weighted by atomic mass is 9.93. The summed E-state index contributed by atoms with van der Waals surface area (Å²) in [6, 6.07) is 17.5. The Balaban J connectivity index is 1.61. The maximum Gasteiger partial charge on any atom is 0.418 e. The minimum Gasteiger partial charge on any atom is -0.308 e. The molecule has 0 amide bonds. The Morgan fingerprint density at radius 2 is 1.78 bits per heavy atom. The first-order valence-electron chi connectivity index (χ1n) is 12.0. The van der Waals surface area contributed by atoms with Crippen LogP contribution in [0, 0.1) is 18.3 Å². The quantitative estimate of drug-likeness (QED) is 0.298.